The van der Waals surface area contributed by atoms with Gasteiger partial charge in [-0.05, 0) is 100 Å². The first-order valence-corrected chi connectivity index (χ1v) is 45.6. The van der Waals surface area contributed by atoms with Gasteiger partial charge in [0.2, 0.25) is 0 Å². The standard InChI is InChI=1S/2C17H24O3.C16H18O6.C16H22O4.C15H20O5.C10H14.C8H12O6/c2*1-11-13(3)20-16-10-18-8-14-6-4-5-7-15(14)9-19-17(11)12(16)2;1-16-20-12-11-8-17-6-9-4-2-3-5-10(9)7-18-13(12)14(21-16)15(19-11)22-16;1-10-14-9-18-7-12-5-3-4-6-13(12)8-19-15(10)11(2)16(17)20-14;1-9-13(16)15-14(17)12(20-9)8-18-6-10-4-2-3-5-11(10)7-19-15;1-3-9-7-5-6-8-10(9)4-2;1-8-12-5-3(2-9)11-7(14-8)6(13-8)4(5)10/h2*4-7,11-13,16-17H,8-10H2,1-3H3;2-5,11-15H,6-8H2,1H3;3-6,10-11,14-17H,7-9H2,1-2H3;2-5,9,12-17H,6-8H2,1H3;5-8H,3-4H2,1-2H3;3-7,9-10H,2H2,1H3/t11?,12-,13?,16?,17+;11?,12-,13+,16?,17+;11?,12-,13-,14?,15-,16?;10-,11?,14?,15-,16?;9-,12?,13?,14+,15-;;3?,4-,5-,6?,7-,8?/m11110.1/s1. The third kappa shape index (κ3) is 22.1. The van der Waals surface area contributed by atoms with E-state index in [2.05, 4.69) is 159 Å². The number of aryl methyl sites for hydroxylation is 2. The van der Waals surface area contributed by atoms with Crippen LogP contribution in [0.4, 0.5) is 0 Å². The van der Waals surface area contributed by atoms with E-state index >= 15 is 0 Å². The van der Waals surface area contributed by atoms with Crippen molar-refractivity contribution in [3.05, 3.63) is 212 Å². The van der Waals surface area contributed by atoms with Gasteiger partial charge < -0.3 is 120 Å². The molecule has 15 heterocycles. The van der Waals surface area contributed by atoms with E-state index in [0.717, 1.165) is 46.2 Å². The van der Waals surface area contributed by atoms with Gasteiger partial charge in [0.25, 0.3) is 11.9 Å². The fourth-order valence-electron chi connectivity index (χ4n) is 19.5. The molecule has 27 heteroatoms. The maximum absolute atomic E-state index is 10.3. The summed E-state index contributed by atoms with van der Waals surface area (Å²) in [6.07, 6.45) is -5.11. The Hall–Kier alpha value is -5.76. The fraction of sp³-hybridized carbons (Fsp3) is 0.636. The molecule has 27 nitrogen and oxygen atoms in total. The molecule has 10 fully saturated rings. The second kappa shape index (κ2) is 43.3. The molecule has 0 amide bonds. The summed E-state index contributed by atoms with van der Waals surface area (Å²) in [7, 11) is 0. The predicted molar refractivity (Wildman–Crippen MR) is 458 cm³/mol. The van der Waals surface area contributed by atoms with E-state index in [9.17, 15) is 20.4 Å². The van der Waals surface area contributed by atoms with Crippen molar-refractivity contribution < 1.29 is 130 Å². The molecule has 126 heavy (non-hydrogen) atoms. The Kier molecular flexibility index (Phi) is 32.6. The van der Waals surface area contributed by atoms with Crippen LogP contribution in [0.15, 0.2) is 146 Å². The average Bonchev–Trinajstić information content (AvgIpc) is 1.58. The van der Waals surface area contributed by atoms with Crippen LogP contribution in [0, 0.1) is 35.5 Å². The molecule has 10 saturated heterocycles. The Morgan fingerprint density at radius 1 is 0.278 bits per heavy atom. The van der Waals surface area contributed by atoms with E-state index in [-0.39, 0.29) is 104 Å². The Morgan fingerprint density at radius 2 is 0.595 bits per heavy atom. The van der Waals surface area contributed by atoms with Gasteiger partial charge in [-0.25, -0.2) is 0 Å². The summed E-state index contributed by atoms with van der Waals surface area (Å²) in [4.78, 5) is 0. The first-order valence-electron chi connectivity index (χ1n) is 45.6. The Labute approximate surface area is 741 Å². The maximum atomic E-state index is 10.3. The van der Waals surface area contributed by atoms with Gasteiger partial charge in [0.15, 0.2) is 18.9 Å². The molecule has 0 saturated carbocycles. The SMILES string of the molecule is CC12OC3[C@H](OC(CO)[C@@H](O1)[C@H]3O)O2.CC12OC3[C@H](OC4COCc5ccccc5CO[C@@H]3[C@@H]4O1)O2.CC1C(O)OC2COCc3ccccc3CO[C@@H]1[C@@H]2C.CC1OC2COCc3ccccc3CO[C@@H](C1C)[C@@H]2C.CC1[C@H](C)OC2COCc3ccccc3CO[C@@H]1[C@@H]2C.CCc1ccccc1CC.C[C@@H]1OC2COCc3ccccc3CO[C@@H](C1O)[C@@H]2O. The lowest BCUT2D eigenvalue weighted by Crippen LogP contribution is -2.62. The van der Waals surface area contributed by atoms with Crippen LogP contribution in [-0.4, -0.2) is 224 Å². The van der Waals surface area contributed by atoms with Gasteiger partial charge in [-0.3, -0.25) is 9.47 Å². The molecular weight excluding hydrogens is 1620 g/mol. The van der Waals surface area contributed by atoms with Crippen molar-refractivity contribution in [3.63, 3.8) is 0 Å². The van der Waals surface area contributed by atoms with E-state index in [4.69, 9.17) is 109 Å². The van der Waals surface area contributed by atoms with E-state index in [0.29, 0.717) is 116 Å². The van der Waals surface area contributed by atoms with Gasteiger partial charge in [-0.1, -0.05) is 201 Å². The number of hydrogen-bond donors (Lipinski definition) is 5. The molecule has 0 aliphatic carbocycles. The van der Waals surface area contributed by atoms with Crippen LogP contribution in [0.3, 0.4) is 0 Å². The molecule has 32 atom stereocenters. The first kappa shape index (κ1) is 94.9. The molecule has 6 aromatic carbocycles. The van der Waals surface area contributed by atoms with E-state index in [1.54, 1.807) is 20.8 Å². The molecule has 15 aliphatic heterocycles. The molecule has 692 valence electrons. The van der Waals surface area contributed by atoms with Crippen LogP contribution in [0.1, 0.15) is 157 Å². The minimum atomic E-state index is -1.14. The highest BCUT2D eigenvalue weighted by Crippen LogP contribution is 2.48. The van der Waals surface area contributed by atoms with Crippen LogP contribution in [0.5, 0.6) is 0 Å². The third-order valence-electron chi connectivity index (χ3n) is 27.6. The van der Waals surface area contributed by atoms with Crippen molar-refractivity contribution in [3.8, 4) is 0 Å². The predicted octanol–water partition coefficient (Wildman–Crippen LogP) is 11.7. The van der Waals surface area contributed by atoms with Gasteiger partial charge in [0.05, 0.1) is 161 Å². The summed E-state index contributed by atoms with van der Waals surface area (Å²) in [6.45, 7) is 34.7. The van der Waals surface area contributed by atoms with Crippen molar-refractivity contribution in [2.45, 2.75) is 328 Å². The lowest BCUT2D eigenvalue weighted by atomic mass is 9.83. The monoisotopic (exact) mass is 1750 g/mol. The summed E-state index contributed by atoms with van der Waals surface area (Å²) >= 11 is 0. The van der Waals surface area contributed by atoms with E-state index in [1.165, 1.54) is 33.4 Å². The molecule has 0 spiro atoms. The van der Waals surface area contributed by atoms with Crippen molar-refractivity contribution in [2.24, 2.45) is 35.5 Å². The van der Waals surface area contributed by atoms with E-state index in [1.807, 2.05) is 55.5 Å². The van der Waals surface area contributed by atoms with Crippen LogP contribution < -0.4 is 0 Å². The number of hydrogen-bond acceptors (Lipinski definition) is 27. The van der Waals surface area contributed by atoms with Gasteiger partial charge in [-0.15, -0.1) is 0 Å². The van der Waals surface area contributed by atoms with Crippen molar-refractivity contribution in [2.75, 3.05) is 39.6 Å². The van der Waals surface area contributed by atoms with E-state index < -0.39 is 79.6 Å². The summed E-state index contributed by atoms with van der Waals surface area (Å²) in [6, 6.07) is 49.6. The quantitative estimate of drug-likeness (QED) is 0.110. The number of fused-ring (bicyclic) bond motifs is 16. The molecule has 16 unspecified atom stereocenters. The number of aliphatic hydroxyl groups excluding tert-OH is 5. The van der Waals surface area contributed by atoms with Crippen molar-refractivity contribution >= 4 is 0 Å². The van der Waals surface area contributed by atoms with Crippen molar-refractivity contribution in [1.82, 2.24) is 0 Å². The number of aliphatic hydroxyl groups is 5. The summed E-state index contributed by atoms with van der Waals surface area (Å²) < 4.78 is 128. The second-order valence-corrected chi connectivity index (χ2v) is 36.2. The molecular formula is C99H134O27. The van der Waals surface area contributed by atoms with Crippen LogP contribution in [0.25, 0.3) is 0 Å². The van der Waals surface area contributed by atoms with Gasteiger partial charge >= 0.3 is 0 Å². The third-order valence-corrected chi connectivity index (χ3v) is 27.6. The van der Waals surface area contributed by atoms with Gasteiger partial charge in [-0.2, -0.15) is 0 Å². The molecule has 21 rings (SSSR count). The molecule has 6 aromatic rings. The minimum Gasteiger partial charge on any atom is -0.394 e. The van der Waals surface area contributed by atoms with Gasteiger partial charge in [0, 0.05) is 49.4 Å². The van der Waals surface area contributed by atoms with Crippen LogP contribution >= 0.6 is 0 Å². The minimum absolute atomic E-state index is 0.0153. The summed E-state index contributed by atoms with van der Waals surface area (Å²) in [5.74, 6) is -0.440. The lowest BCUT2D eigenvalue weighted by molar-refractivity contribution is -0.387. The summed E-state index contributed by atoms with van der Waals surface area (Å²) in [5.41, 5.74) is 14.6. The molecule has 0 aromatic heterocycles. The van der Waals surface area contributed by atoms with Crippen LogP contribution in [-0.2, 0) is 183 Å². The molecule has 0 radical (unpaired) electrons. The topological polar surface area (TPSA) is 304 Å². The van der Waals surface area contributed by atoms with Crippen LogP contribution in [0.2, 0.25) is 0 Å². The highest BCUT2D eigenvalue weighted by molar-refractivity contribution is 5.31. The maximum Gasteiger partial charge on any atom is 0.283 e. The Morgan fingerprint density at radius 3 is 1.00 bits per heavy atom. The second-order valence-electron chi connectivity index (χ2n) is 36.2. The first-order chi connectivity index (χ1) is 60.9. The zero-order valence-corrected chi connectivity index (χ0v) is 75.1. The van der Waals surface area contributed by atoms with Gasteiger partial charge in [0.1, 0.15) is 73.2 Å². The number of ether oxygens (including phenoxy) is 22. The Bertz CT molecular complexity index is 4040. The highest BCUT2D eigenvalue weighted by Gasteiger charge is 2.65. The average molecular weight is 1760 g/mol. The normalized spacial score (nSPS) is 39.8. The molecule has 5 N–H and O–H groups in total. The summed E-state index contributed by atoms with van der Waals surface area (Å²) in [5, 5.41) is 49.2. The number of benzene rings is 6. The zero-order valence-electron chi connectivity index (χ0n) is 75.1. The lowest BCUT2D eigenvalue weighted by Gasteiger charge is -2.45. The smallest absolute Gasteiger partial charge is 0.283 e. The Balaban J connectivity index is 0.000000115. The fourth-order valence-corrected chi connectivity index (χ4v) is 19.5. The zero-order chi connectivity index (χ0) is 88.5. The molecule has 15 aliphatic rings. The highest BCUT2D eigenvalue weighted by atomic mass is 17.0. The largest absolute Gasteiger partial charge is 0.394 e. The van der Waals surface area contributed by atoms with Crippen molar-refractivity contribution in [1.29, 1.82) is 0 Å². The molecule has 16 bridgehead atoms. The number of rotatable bonds is 3.